The van der Waals surface area contributed by atoms with Crippen LogP contribution in [-0.4, -0.2) is 89.8 Å². The molecule has 1 aromatic heterocycles. The summed E-state index contributed by atoms with van der Waals surface area (Å²) in [5.74, 6) is -0.113. The second-order valence-electron chi connectivity index (χ2n) is 8.29. The topological polar surface area (TPSA) is 95.0 Å². The van der Waals surface area contributed by atoms with Crippen molar-refractivity contribution in [3.63, 3.8) is 0 Å². The number of piperidine rings is 1. The fourth-order valence-electron chi connectivity index (χ4n) is 4.73. The van der Waals surface area contributed by atoms with Gasteiger partial charge in [0.15, 0.2) is 0 Å². The summed E-state index contributed by atoms with van der Waals surface area (Å²) in [6, 6.07) is 9.53. The first kappa shape index (κ1) is 21.7. The number of aliphatic hydroxyl groups excluding tert-OH is 1. The number of likely N-dealkylation sites (tertiary alicyclic amines) is 2. The van der Waals surface area contributed by atoms with Crippen LogP contribution in [0.15, 0.2) is 36.5 Å². The molecule has 31 heavy (non-hydrogen) atoms. The molecular weight excluding hydrogens is 396 g/mol. The van der Waals surface area contributed by atoms with Crippen LogP contribution in [0, 0.1) is 0 Å². The Morgan fingerprint density at radius 2 is 2.00 bits per heavy atom. The lowest BCUT2D eigenvalue weighted by atomic mass is 10.0. The lowest BCUT2D eigenvalue weighted by Crippen LogP contribution is -2.52. The number of amides is 2. The quantitative estimate of drug-likeness (QED) is 0.671. The van der Waals surface area contributed by atoms with Gasteiger partial charge in [-0.2, -0.15) is 0 Å². The molecule has 0 bridgehead atoms. The smallest absolute Gasteiger partial charge is 0.273 e. The Labute approximate surface area is 182 Å². The van der Waals surface area contributed by atoms with E-state index in [0.717, 1.165) is 23.6 Å². The van der Waals surface area contributed by atoms with Crippen molar-refractivity contribution in [1.82, 2.24) is 20.1 Å². The first-order valence-electron chi connectivity index (χ1n) is 10.9. The van der Waals surface area contributed by atoms with Crippen LogP contribution < -0.4 is 5.32 Å². The van der Waals surface area contributed by atoms with Crippen molar-refractivity contribution in [3.05, 3.63) is 42.2 Å². The van der Waals surface area contributed by atoms with Gasteiger partial charge in [0.2, 0.25) is 5.91 Å². The van der Waals surface area contributed by atoms with Gasteiger partial charge in [0, 0.05) is 50.9 Å². The Kier molecular flexibility index (Phi) is 6.80. The van der Waals surface area contributed by atoms with Gasteiger partial charge in [-0.15, -0.1) is 0 Å². The Morgan fingerprint density at radius 1 is 1.23 bits per heavy atom. The molecule has 0 radical (unpaired) electrons. The normalized spacial score (nSPS) is 22.7. The minimum atomic E-state index is -0.502. The number of rotatable bonds is 6. The van der Waals surface area contributed by atoms with Crippen molar-refractivity contribution >= 4 is 22.6 Å². The molecule has 0 aliphatic carbocycles. The van der Waals surface area contributed by atoms with Crippen LogP contribution in [0.4, 0.5) is 0 Å². The number of methoxy groups -OCH3 is 1. The highest BCUT2D eigenvalue weighted by atomic mass is 16.5. The van der Waals surface area contributed by atoms with E-state index in [0.29, 0.717) is 44.9 Å². The minimum Gasteiger partial charge on any atom is -0.392 e. The largest absolute Gasteiger partial charge is 0.392 e. The Balaban J connectivity index is 1.39. The number of nitrogens with one attached hydrogen (secondary N) is 1. The summed E-state index contributed by atoms with van der Waals surface area (Å²) in [6.45, 7) is 2.63. The molecule has 2 aliphatic rings. The lowest BCUT2D eigenvalue weighted by molar-refractivity contribution is -0.126. The van der Waals surface area contributed by atoms with Gasteiger partial charge >= 0.3 is 0 Å². The van der Waals surface area contributed by atoms with Crippen molar-refractivity contribution < 1.29 is 19.4 Å². The third-order valence-corrected chi connectivity index (χ3v) is 6.32. The predicted octanol–water partition coefficient (Wildman–Crippen LogP) is 1.04. The van der Waals surface area contributed by atoms with E-state index in [4.69, 9.17) is 4.74 Å². The molecule has 2 aromatic rings. The second kappa shape index (κ2) is 9.72. The summed E-state index contributed by atoms with van der Waals surface area (Å²) in [6.07, 6.45) is 3.16. The van der Waals surface area contributed by atoms with Crippen LogP contribution in [0.3, 0.4) is 0 Å². The maximum atomic E-state index is 13.1. The molecule has 2 aliphatic heterocycles. The number of carbonyl (C=O) groups excluding carboxylic acids is 2. The van der Waals surface area contributed by atoms with E-state index in [1.807, 2.05) is 35.2 Å². The molecule has 0 saturated carbocycles. The SMILES string of the molecule is COCCNC(=O)[C@@H]1C[C@@H](O)CN1C1CCN(C(=O)c2nccc3ccccc23)CC1. The zero-order valence-electron chi connectivity index (χ0n) is 17.9. The second-order valence-corrected chi connectivity index (χ2v) is 8.29. The molecule has 4 rings (SSSR count). The van der Waals surface area contributed by atoms with E-state index in [-0.39, 0.29) is 23.9 Å². The third kappa shape index (κ3) is 4.71. The summed E-state index contributed by atoms with van der Waals surface area (Å²) in [7, 11) is 1.60. The van der Waals surface area contributed by atoms with Gasteiger partial charge in [0.05, 0.1) is 18.8 Å². The summed E-state index contributed by atoms with van der Waals surface area (Å²) < 4.78 is 5.00. The third-order valence-electron chi connectivity index (χ3n) is 6.32. The van der Waals surface area contributed by atoms with E-state index < -0.39 is 6.10 Å². The number of nitrogens with zero attached hydrogens (tertiary/aromatic N) is 3. The van der Waals surface area contributed by atoms with E-state index in [9.17, 15) is 14.7 Å². The van der Waals surface area contributed by atoms with Crippen LogP contribution in [0.2, 0.25) is 0 Å². The first-order chi connectivity index (χ1) is 15.1. The van der Waals surface area contributed by atoms with E-state index in [1.54, 1.807) is 13.3 Å². The summed E-state index contributed by atoms with van der Waals surface area (Å²) in [5.41, 5.74) is 0.489. The summed E-state index contributed by atoms with van der Waals surface area (Å²) >= 11 is 0. The standard InChI is InChI=1S/C23H30N4O4/c1-31-13-10-25-22(29)20-14-18(28)15-27(20)17-7-11-26(12-8-17)23(30)21-19-5-3-2-4-16(19)6-9-24-21/h2-6,9,17-18,20,28H,7-8,10-15H2,1H3,(H,25,29)/t18-,20+/m1/s1. The lowest BCUT2D eigenvalue weighted by Gasteiger charge is -2.38. The summed E-state index contributed by atoms with van der Waals surface area (Å²) in [5, 5.41) is 15.0. The van der Waals surface area contributed by atoms with E-state index in [2.05, 4.69) is 15.2 Å². The van der Waals surface area contributed by atoms with Gasteiger partial charge in [-0.05, 0) is 30.7 Å². The molecule has 166 valence electrons. The molecule has 8 nitrogen and oxygen atoms in total. The van der Waals surface area contributed by atoms with Crippen molar-refractivity contribution in [2.24, 2.45) is 0 Å². The molecule has 2 fully saturated rings. The highest BCUT2D eigenvalue weighted by Gasteiger charge is 2.41. The van der Waals surface area contributed by atoms with Gasteiger partial charge in [0.1, 0.15) is 5.69 Å². The molecule has 2 amide bonds. The molecule has 2 atom stereocenters. The minimum absolute atomic E-state index is 0.0504. The number of benzene rings is 1. The zero-order chi connectivity index (χ0) is 21.8. The summed E-state index contributed by atoms with van der Waals surface area (Å²) in [4.78, 5) is 34.1. The van der Waals surface area contributed by atoms with Crippen molar-refractivity contribution in [2.75, 3.05) is 39.9 Å². The van der Waals surface area contributed by atoms with E-state index >= 15 is 0 Å². The van der Waals surface area contributed by atoms with Gasteiger partial charge in [0.25, 0.3) is 5.91 Å². The average molecular weight is 427 g/mol. The van der Waals surface area contributed by atoms with Gasteiger partial charge in [-0.3, -0.25) is 19.5 Å². The molecule has 3 heterocycles. The highest BCUT2D eigenvalue weighted by Crippen LogP contribution is 2.27. The highest BCUT2D eigenvalue weighted by molar-refractivity contribution is 6.05. The van der Waals surface area contributed by atoms with Crippen molar-refractivity contribution in [2.45, 2.75) is 37.5 Å². The molecule has 1 aromatic carbocycles. The number of hydrogen-bond donors (Lipinski definition) is 2. The fourth-order valence-corrected chi connectivity index (χ4v) is 4.73. The molecule has 0 spiro atoms. The predicted molar refractivity (Wildman–Crippen MR) is 117 cm³/mol. The molecule has 2 N–H and O–H groups in total. The number of carbonyl (C=O) groups is 2. The Hall–Kier alpha value is -2.55. The van der Waals surface area contributed by atoms with Crippen LogP contribution >= 0.6 is 0 Å². The monoisotopic (exact) mass is 426 g/mol. The van der Waals surface area contributed by atoms with Gasteiger partial charge in [-0.25, -0.2) is 0 Å². The van der Waals surface area contributed by atoms with Gasteiger partial charge < -0.3 is 20.1 Å². The first-order valence-corrected chi connectivity index (χ1v) is 10.9. The number of ether oxygens (including phenoxy) is 1. The maximum absolute atomic E-state index is 13.1. The number of pyridine rings is 1. The number of β-amino-alcohol motifs (C(OH)–C–C–N with tert-alkyl or cyclic N) is 1. The zero-order valence-corrected chi connectivity index (χ0v) is 17.9. The van der Waals surface area contributed by atoms with Crippen LogP contribution in [0.1, 0.15) is 29.8 Å². The Morgan fingerprint density at radius 3 is 2.77 bits per heavy atom. The van der Waals surface area contributed by atoms with Crippen LogP contribution in [-0.2, 0) is 9.53 Å². The number of fused-ring (bicyclic) bond motifs is 1. The van der Waals surface area contributed by atoms with E-state index in [1.165, 1.54) is 0 Å². The maximum Gasteiger partial charge on any atom is 0.273 e. The Bertz CT molecular complexity index is 923. The van der Waals surface area contributed by atoms with Crippen LogP contribution in [0.5, 0.6) is 0 Å². The number of hydrogen-bond acceptors (Lipinski definition) is 6. The van der Waals surface area contributed by atoms with Crippen LogP contribution in [0.25, 0.3) is 10.8 Å². The van der Waals surface area contributed by atoms with Crippen molar-refractivity contribution in [1.29, 1.82) is 0 Å². The molecule has 2 saturated heterocycles. The average Bonchev–Trinajstić information content (AvgIpc) is 3.20. The number of aliphatic hydroxyl groups is 1. The number of aromatic nitrogens is 1. The van der Waals surface area contributed by atoms with Gasteiger partial charge in [-0.1, -0.05) is 24.3 Å². The molecule has 0 unspecified atom stereocenters. The fraction of sp³-hybridized carbons (Fsp3) is 0.522. The van der Waals surface area contributed by atoms with Crippen molar-refractivity contribution in [3.8, 4) is 0 Å². The molecular formula is C23H30N4O4. The molecule has 8 heteroatoms.